The van der Waals surface area contributed by atoms with E-state index >= 15 is 0 Å². The number of amides is 1. The van der Waals surface area contributed by atoms with Crippen molar-refractivity contribution in [1.82, 2.24) is 15.5 Å². The van der Waals surface area contributed by atoms with E-state index in [1.165, 1.54) is 0 Å². The van der Waals surface area contributed by atoms with Crippen LogP contribution in [-0.4, -0.2) is 82.7 Å². The van der Waals surface area contributed by atoms with Gasteiger partial charge in [0.25, 0.3) is 0 Å². The summed E-state index contributed by atoms with van der Waals surface area (Å²) in [4.78, 5) is 13.8. The molecule has 0 saturated carbocycles. The molecule has 0 aromatic carbocycles. The molecule has 1 amide bonds. The van der Waals surface area contributed by atoms with Crippen molar-refractivity contribution in [3.63, 3.8) is 0 Å². The van der Waals surface area contributed by atoms with Crippen molar-refractivity contribution in [2.45, 2.75) is 18.6 Å². The fourth-order valence-corrected chi connectivity index (χ4v) is 4.25. The van der Waals surface area contributed by atoms with E-state index in [9.17, 15) is 13.2 Å². The van der Waals surface area contributed by atoms with Gasteiger partial charge in [-0.05, 0) is 13.5 Å². The van der Waals surface area contributed by atoms with E-state index in [1.807, 2.05) is 11.9 Å². The Kier molecular flexibility index (Phi) is 5.36. The van der Waals surface area contributed by atoms with Crippen LogP contribution in [0.3, 0.4) is 0 Å². The minimum atomic E-state index is -2.95. The van der Waals surface area contributed by atoms with Gasteiger partial charge in [0.2, 0.25) is 5.91 Å². The van der Waals surface area contributed by atoms with E-state index in [0.29, 0.717) is 19.6 Å². The van der Waals surface area contributed by atoms with Crippen LogP contribution in [0.4, 0.5) is 0 Å². The molecule has 0 aromatic heterocycles. The van der Waals surface area contributed by atoms with Crippen molar-refractivity contribution in [2.75, 3.05) is 51.3 Å². The highest BCUT2D eigenvalue weighted by Crippen LogP contribution is 2.11. The lowest BCUT2D eigenvalue weighted by Crippen LogP contribution is -2.47. The zero-order chi connectivity index (χ0) is 14.6. The third-order valence-corrected chi connectivity index (χ3v) is 5.30. The smallest absolute Gasteiger partial charge is 0.234 e. The van der Waals surface area contributed by atoms with Gasteiger partial charge in [0.15, 0.2) is 9.84 Å². The Labute approximate surface area is 120 Å². The number of hydrogen-bond donors (Lipinski definition) is 2. The predicted octanol–water partition coefficient (Wildman–Crippen LogP) is -1.79. The van der Waals surface area contributed by atoms with Crippen LogP contribution < -0.4 is 10.6 Å². The summed E-state index contributed by atoms with van der Waals surface area (Å²) in [6, 6.07) is -0.228. The maximum atomic E-state index is 11.9. The van der Waals surface area contributed by atoms with Gasteiger partial charge < -0.3 is 15.4 Å². The monoisotopic (exact) mass is 305 g/mol. The zero-order valence-corrected chi connectivity index (χ0v) is 12.6. The highest BCUT2D eigenvalue weighted by Gasteiger charge is 2.29. The minimum Gasteiger partial charge on any atom is -0.374 e. The molecule has 2 rings (SSSR count). The van der Waals surface area contributed by atoms with Crippen LogP contribution in [0.2, 0.25) is 0 Å². The molecule has 2 saturated heterocycles. The van der Waals surface area contributed by atoms with Crippen molar-refractivity contribution in [3.8, 4) is 0 Å². The Morgan fingerprint density at radius 3 is 2.90 bits per heavy atom. The maximum Gasteiger partial charge on any atom is 0.234 e. The lowest BCUT2D eigenvalue weighted by atomic mass is 10.2. The summed E-state index contributed by atoms with van der Waals surface area (Å²) in [6.07, 6.45) is 0.626. The van der Waals surface area contributed by atoms with Gasteiger partial charge in [-0.25, -0.2) is 8.42 Å². The molecule has 2 N–H and O–H groups in total. The molecule has 0 aliphatic carbocycles. The molecule has 2 aliphatic heterocycles. The average Bonchev–Trinajstić information content (AvgIpc) is 2.69. The molecule has 2 fully saturated rings. The summed E-state index contributed by atoms with van der Waals surface area (Å²) < 4.78 is 28.2. The van der Waals surface area contributed by atoms with Crippen molar-refractivity contribution >= 4 is 15.7 Å². The second-order valence-electron chi connectivity index (χ2n) is 5.56. The standard InChI is InChI=1S/C12H23N3O4S/c1-15(7-11-6-13-3-4-19-11)8-12(16)14-10-2-5-20(17,18)9-10/h10-11,13H,2-9H2,1H3,(H,14,16). The third-order valence-electron chi connectivity index (χ3n) is 3.53. The topological polar surface area (TPSA) is 87.7 Å². The van der Waals surface area contributed by atoms with Gasteiger partial charge >= 0.3 is 0 Å². The van der Waals surface area contributed by atoms with E-state index in [0.717, 1.165) is 13.1 Å². The first-order chi connectivity index (χ1) is 9.44. The fourth-order valence-electron chi connectivity index (χ4n) is 2.58. The van der Waals surface area contributed by atoms with Crippen LogP contribution in [-0.2, 0) is 19.4 Å². The Balaban J connectivity index is 1.68. The number of carbonyl (C=O) groups excluding carboxylic acids is 1. The van der Waals surface area contributed by atoms with E-state index < -0.39 is 9.84 Å². The molecule has 0 aromatic rings. The molecule has 0 radical (unpaired) electrons. The molecule has 0 bridgehead atoms. The van der Waals surface area contributed by atoms with Crippen LogP contribution in [0.1, 0.15) is 6.42 Å². The molecular weight excluding hydrogens is 282 g/mol. The SMILES string of the molecule is CN(CC(=O)NC1CCS(=O)(=O)C1)CC1CNCCO1. The molecule has 0 spiro atoms. The summed E-state index contributed by atoms with van der Waals surface area (Å²) >= 11 is 0. The van der Waals surface area contributed by atoms with E-state index in [2.05, 4.69) is 10.6 Å². The summed E-state index contributed by atoms with van der Waals surface area (Å²) in [7, 11) is -1.08. The normalized spacial score (nSPS) is 29.5. The number of likely N-dealkylation sites (N-methyl/N-ethyl adjacent to an activating group) is 1. The number of rotatable bonds is 5. The third kappa shape index (κ3) is 5.01. The Morgan fingerprint density at radius 1 is 1.50 bits per heavy atom. The number of nitrogens with one attached hydrogen (secondary N) is 2. The van der Waals surface area contributed by atoms with Gasteiger partial charge in [-0.3, -0.25) is 9.69 Å². The van der Waals surface area contributed by atoms with Crippen molar-refractivity contribution in [2.24, 2.45) is 0 Å². The van der Waals surface area contributed by atoms with Gasteiger partial charge in [-0.15, -0.1) is 0 Å². The number of morpholine rings is 1. The lowest BCUT2D eigenvalue weighted by molar-refractivity contribution is -0.122. The minimum absolute atomic E-state index is 0.0676. The number of hydrogen-bond acceptors (Lipinski definition) is 6. The van der Waals surface area contributed by atoms with Gasteiger partial charge in [0.1, 0.15) is 0 Å². The van der Waals surface area contributed by atoms with Crippen LogP contribution in [0, 0.1) is 0 Å². The first kappa shape index (κ1) is 15.7. The summed E-state index contributed by atoms with van der Waals surface area (Å²) in [6.45, 7) is 3.31. The van der Waals surface area contributed by atoms with E-state index in [4.69, 9.17) is 4.74 Å². The molecule has 2 aliphatic rings. The Morgan fingerprint density at radius 2 is 2.30 bits per heavy atom. The van der Waals surface area contributed by atoms with Gasteiger partial charge in [-0.1, -0.05) is 0 Å². The van der Waals surface area contributed by atoms with Gasteiger partial charge in [0.05, 0.1) is 30.8 Å². The maximum absolute atomic E-state index is 11.9. The first-order valence-corrected chi connectivity index (χ1v) is 8.77. The average molecular weight is 305 g/mol. The molecule has 8 heteroatoms. The first-order valence-electron chi connectivity index (χ1n) is 6.95. The summed E-state index contributed by atoms with van der Waals surface area (Å²) in [5.74, 6) is 0.117. The van der Waals surface area contributed by atoms with Crippen LogP contribution in [0.5, 0.6) is 0 Å². The largest absolute Gasteiger partial charge is 0.374 e. The molecule has 20 heavy (non-hydrogen) atoms. The predicted molar refractivity (Wildman–Crippen MR) is 75.3 cm³/mol. The lowest BCUT2D eigenvalue weighted by Gasteiger charge is -2.27. The van der Waals surface area contributed by atoms with Crippen molar-refractivity contribution in [1.29, 1.82) is 0 Å². The van der Waals surface area contributed by atoms with Gasteiger partial charge in [0, 0.05) is 25.7 Å². The molecule has 2 heterocycles. The molecular formula is C12H23N3O4S. The zero-order valence-electron chi connectivity index (χ0n) is 11.8. The summed E-state index contributed by atoms with van der Waals surface area (Å²) in [5, 5.41) is 6.03. The number of carbonyl (C=O) groups is 1. The van der Waals surface area contributed by atoms with E-state index in [1.54, 1.807) is 0 Å². The number of ether oxygens (including phenoxy) is 1. The van der Waals surface area contributed by atoms with E-state index in [-0.39, 0.29) is 36.1 Å². The highest BCUT2D eigenvalue weighted by molar-refractivity contribution is 7.91. The second kappa shape index (κ2) is 6.84. The molecule has 116 valence electrons. The number of sulfone groups is 1. The number of nitrogens with zero attached hydrogens (tertiary/aromatic N) is 1. The van der Waals surface area contributed by atoms with Crippen LogP contribution in [0.15, 0.2) is 0 Å². The van der Waals surface area contributed by atoms with Gasteiger partial charge in [-0.2, -0.15) is 0 Å². The molecule has 2 unspecified atom stereocenters. The van der Waals surface area contributed by atoms with Crippen LogP contribution in [0.25, 0.3) is 0 Å². The second-order valence-corrected chi connectivity index (χ2v) is 7.79. The Hall–Kier alpha value is -0.700. The highest BCUT2D eigenvalue weighted by atomic mass is 32.2. The summed E-state index contributed by atoms with van der Waals surface area (Å²) in [5.41, 5.74) is 0. The fraction of sp³-hybridized carbons (Fsp3) is 0.917. The van der Waals surface area contributed by atoms with Crippen molar-refractivity contribution < 1.29 is 17.9 Å². The quantitative estimate of drug-likeness (QED) is 0.624. The van der Waals surface area contributed by atoms with Crippen molar-refractivity contribution in [3.05, 3.63) is 0 Å². The molecule has 2 atom stereocenters. The Bertz CT molecular complexity index is 434. The van der Waals surface area contributed by atoms with Crippen LogP contribution >= 0.6 is 0 Å². The molecule has 7 nitrogen and oxygen atoms in total.